The van der Waals surface area contributed by atoms with Crippen LogP contribution in [0.25, 0.3) is 0 Å². The summed E-state index contributed by atoms with van der Waals surface area (Å²) in [4.78, 5) is 43.6. The summed E-state index contributed by atoms with van der Waals surface area (Å²) in [5.74, 6) is -0.194. The van der Waals surface area contributed by atoms with E-state index in [-0.39, 0.29) is 5.75 Å². The van der Waals surface area contributed by atoms with E-state index in [0.29, 0.717) is 46.7 Å². The molecule has 9 heteroatoms. The molecule has 4 rings (SSSR count). The van der Waals surface area contributed by atoms with Crippen molar-refractivity contribution in [2.45, 2.75) is 26.3 Å². The first kappa shape index (κ1) is 26.0. The quantitative estimate of drug-likeness (QED) is 0.411. The van der Waals surface area contributed by atoms with Gasteiger partial charge in [0.05, 0.1) is 18.5 Å². The van der Waals surface area contributed by atoms with Gasteiger partial charge in [0.2, 0.25) is 0 Å². The van der Waals surface area contributed by atoms with E-state index in [9.17, 15) is 14.4 Å². The largest absolute Gasteiger partial charge is 0.497 e. The minimum absolute atomic E-state index is 0.206. The van der Waals surface area contributed by atoms with Crippen molar-refractivity contribution >= 4 is 46.6 Å². The molecule has 0 spiro atoms. The molecule has 3 aromatic rings. The van der Waals surface area contributed by atoms with Gasteiger partial charge in [-0.3, -0.25) is 14.5 Å². The molecule has 1 atom stereocenters. The van der Waals surface area contributed by atoms with Gasteiger partial charge in [0.25, 0.3) is 11.8 Å². The molecule has 0 saturated heterocycles. The summed E-state index contributed by atoms with van der Waals surface area (Å²) in [5, 5.41) is 2.92. The number of nitrogens with one attached hydrogen (secondary N) is 1. The molecule has 3 amide bonds. The Balaban J connectivity index is 1.74. The van der Waals surface area contributed by atoms with Crippen molar-refractivity contribution in [2.24, 2.45) is 5.92 Å². The number of carbonyl (C=O) groups is 3. The molecule has 0 bridgehead atoms. The monoisotopic (exact) mass is 521 g/mol. The van der Waals surface area contributed by atoms with Gasteiger partial charge in [-0.2, -0.15) is 0 Å². The Labute approximate surface area is 220 Å². The summed E-state index contributed by atoms with van der Waals surface area (Å²) in [6.07, 6.45) is -0.265. The second kappa shape index (κ2) is 11.3. The molecule has 0 saturated carbocycles. The van der Waals surface area contributed by atoms with Gasteiger partial charge >= 0.3 is 6.09 Å². The maximum absolute atomic E-state index is 13.9. The average Bonchev–Trinajstić information content (AvgIpc) is 2.96. The van der Waals surface area contributed by atoms with Crippen molar-refractivity contribution in [1.82, 2.24) is 5.32 Å². The van der Waals surface area contributed by atoms with E-state index in [0.717, 1.165) is 0 Å². The fraction of sp³-hybridized carbons (Fsp3) is 0.250. The zero-order valence-electron chi connectivity index (χ0n) is 20.8. The highest BCUT2D eigenvalue weighted by Gasteiger charge is 2.42. The zero-order chi connectivity index (χ0) is 26.5. The van der Waals surface area contributed by atoms with E-state index >= 15 is 0 Å². The van der Waals surface area contributed by atoms with Gasteiger partial charge in [-0.15, -0.1) is 0 Å². The number of methoxy groups -OCH3 is 1. The minimum atomic E-state index is -1.53. The van der Waals surface area contributed by atoms with Gasteiger partial charge in [-0.25, -0.2) is 4.79 Å². The number of carbonyl (C=O) groups excluding carboxylic acids is 3. The van der Waals surface area contributed by atoms with Crippen molar-refractivity contribution in [2.75, 3.05) is 23.5 Å². The third-order valence-electron chi connectivity index (χ3n) is 5.91. The predicted molar refractivity (Wildman–Crippen MR) is 143 cm³/mol. The number of fused-ring (bicyclic) bond motifs is 1. The van der Waals surface area contributed by atoms with Gasteiger partial charge < -0.3 is 19.7 Å². The second-order valence-electron chi connectivity index (χ2n) is 8.96. The molecule has 1 heterocycles. The van der Waals surface area contributed by atoms with Crippen molar-refractivity contribution < 1.29 is 23.9 Å². The van der Waals surface area contributed by atoms with Gasteiger partial charge in [-0.05, 0) is 54.8 Å². The van der Waals surface area contributed by atoms with Crippen LogP contribution in [0.3, 0.4) is 0 Å². The minimum Gasteiger partial charge on any atom is -0.497 e. The topological polar surface area (TPSA) is 88.2 Å². The lowest BCUT2D eigenvalue weighted by molar-refractivity contribution is -0.128. The Morgan fingerprint density at radius 3 is 2.38 bits per heavy atom. The number of nitrogens with zero attached hydrogens (tertiary/aromatic N) is 2. The number of hydrogen-bond acceptors (Lipinski definition) is 5. The summed E-state index contributed by atoms with van der Waals surface area (Å²) >= 11 is 6.33. The molecule has 0 aromatic heterocycles. The number of hydrogen-bond donors (Lipinski definition) is 1. The molecular formula is C28H28ClN3O5. The Kier molecular flexibility index (Phi) is 7.98. The zero-order valence-corrected chi connectivity index (χ0v) is 21.6. The number of halogens is 1. The van der Waals surface area contributed by atoms with Crippen LogP contribution in [0.5, 0.6) is 11.5 Å². The Hall–Kier alpha value is -4.04. The standard InChI is InChI=1S/C28H28ClN3O5/c1-18(2)14-15-31-24-16-19(29)12-13-23(24)32(20-8-5-4-6-9-20)27(34)25(26(31)33)30-28(35)37-22-11-7-10-21(17-22)36-3/h4-13,16-18,25H,14-15H2,1-3H3,(H,30,35). The van der Waals surface area contributed by atoms with Crippen molar-refractivity contribution in [3.8, 4) is 11.5 Å². The molecule has 1 N–H and O–H groups in total. The molecule has 3 aromatic carbocycles. The molecule has 1 aliphatic rings. The number of ether oxygens (including phenoxy) is 2. The number of benzene rings is 3. The van der Waals surface area contributed by atoms with Gasteiger partial charge in [0, 0.05) is 23.3 Å². The third-order valence-corrected chi connectivity index (χ3v) is 6.14. The van der Waals surface area contributed by atoms with Gasteiger partial charge in [0.15, 0.2) is 6.04 Å². The summed E-state index contributed by atoms with van der Waals surface area (Å²) in [5.41, 5.74) is 1.52. The summed E-state index contributed by atoms with van der Waals surface area (Å²) in [7, 11) is 1.50. The van der Waals surface area contributed by atoms with Crippen molar-refractivity contribution in [3.05, 3.63) is 77.8 Å². The molecule has 0 aliphatic carbocycles. The highest BCUT2D eigenvalue weighted by Crippen LogP contribution is 2.40. The van der Waals surface area contributed by atoms with E-state index in [4.69, 9.17) is 21.1 Å². The number of anilines is 3. The van der Waals surface area contributed by atoms with E-state index in [1.54, 1.807) is 60.7 Å². The summed E-state index contributed by atoms with van der Waals surface area (Å²) < 4.78 is 10.5. The highest BCUT2D eigenvalue weighted by molar-refractivity contribution is 6.32. The summed E-state index contributed by atoms with van der Waals surface area (Å²) in [6.45, 7) is 4.43. The van der Waals surface area contributed by atoms with Crippen LogP contribution >= 0.6 is 11.6 Å². The fourth-order valence-electron chi connectivity index (χ4n) is 4.03. The lowest BCUT2D eigenvalue weighted by Gasteiger charge is -2.26. The van der Waals surface area contributed by atoms with E-state index < -0.39 is 23.9 Å². The third kappa shape index (κ3) is 5.86. The van der Waals surface area contributed by atoms with Gasteiger partial charge in [-0.1, -0.05) is 49.7 Å². The molecule has 37 heavy (non-hydrogen) atoms. The molecular weight excluding hydrogens is 494 g/mol. The predicted octanol–water partition coefficient (Wildman–Crippen LogP) is 5.56. The van der Waals surface area contributed by atoms with Crippen LogP contribution in [0, 0.1) is 5.92 Å². The SMILES string of the molecule is COc1cccc(OC(=O)NC2C(=O)N(CCC(C)C)c3cc(Cl)ccc3N(c3ccccc3)C2=O)c1. The number of para-hydroxylation sites is 1. The summed E-state index contributed by atoms with van der Waals surface area (Å²) in [6, 6.07) is 18.9. The molecule has 1 unspecified atom stereocenters. The van der Waals surface area contributed by atoms with Crippen LogP contribution in [0.4, 0.5) is 21.9 Å². The lowest BCUT2D eigenvalue weighted by Crippen LogP contribution is -2.55. The maximum atomic E-state index is 13.9. The van der Waals surface area contributed by atoms with E-state index in [1.807, 2.05) is 19.9 Å². The fourth-order valence-corrected chi connectivity index (χ4v) is 4.20. The molecule has 192 valence electrons. The van der Waals surface area contributed by atoms with E-state index in [1.165, 1.54) is 23.0 Å². The average molecular weight is 522 g/mol. The van der Waals surface area contributed by atoms with Crippen LogP contribution in [-0.2, 0) is 9.59 Å². The smallest absolute Gasteiger partial charge is 0.413 e. The van der Waals surface area contributed by atoms with Gasteiger partial charge in [0.1, 0.15) is 11.5 Å². The van der Waals surface area contributed by atoms with Crippen LogP contribution < -0.4 is 24.6 Å². The highest BCUT2D eigenvalue weighted by atomic mass is 35.5. The normalized spacial score (nSPS) is 15.3. The van der Waals surface area contributed by atoms with Crippen LogP contribution in [-0.4, -0.2) is 37.6 Å². The molecule has 0 fully saturated rings. The van der Waals surface area contributed by atoms with Crippen LogP contribution in [0.15, 0.2) is 72.8 Å². The Morgan fingerprint density at radius 1 is 0.946 bits per heavy atom. The van der Waals surface area contributed by atoms with Crippen molar-refractivity contribution in [3.63, 3.8) is 0 Å². The van der Waals surface area contributed by atoms with Crippen molar-refractivity contribution in [1.29, 1.82) is 0 Å². The first-order chi connectivity index (χ1) is 17.8. The number of amides is 3. The molecule has 0 radical (unpaired) electrons. The Morgan fingerprint density at radius 2 is 1.68 bits per heavy atom. The molecule has 8 nitrogen and oxygen atoms in total. The molecule has 1 aliphatic heterocycles. The lowest BCUT2D eigenvalue weighted by atomic mass is 10.1. The van der Waals surface area contributed by atoms with Crippen LogP contribution in [0.1, 0.15) is 20.3 Å². The first-order valence-corrected chi connectivity index (χ1v) is 12.3. The van der Waals surface area contributed by atoms with Crippen LogP contribution in [0.2, 0.25) is 5.02 Å². The number of rotatable bonds is 7. The second-order valence-corrected chi connectivity index (χ2v) is 9.40. The first-order valence-electron chi connectivity index (χ1n) is 11.9. The maximum Gasteiger partial charge on any atom is 0.413 e. The Bertz CT molecular complexity index is 1300. The van der Waals surface area contributed by atoms with E-state index in [2.05, 4.69) is 5.32 Å².